The maximum absolute atomic E-state index is 8.59. The molecule has 0 amide bonds. The van der Waals surface area contributed by atoms with Crippen molar-refractivity contribution in [1.29, 1.82) is 0 Å². The largest absolute Gasteiger partial charge is 0.396 e. The zero-order chi connectivity index (χ0) is 14.0. The molecule has 0 heterocycles. The van der Waals surface area contributed by atoms with Crippen molar-refractivity contribution in [2.75, 3.05) is 6.61 Å². The first-order chi connectivity index (χ1) is 9.41. The van der Waals surface area contributed by atoms with Crippen LogP contribution in [0.3, 0.4) is 0 Å². The first-order valence-electron chi connectivity index (χ1n) is 7.99. The van der Waals surface area contributed by atoms with Crippen molar-refractivity contribution < 1.29 is 5.11 Å². The first kappa shape index (κ1) is 18.2. The Kier molecular flexibility index (Phi) is 16.4. The fourth-order valence-corrected chi connectivity index (χ4v) is 1.92. The van der Waals surface area contributed by atoms with Crippen molar-refractivity contribution in [1.82, 2.24) is 0 Å². The Labute approximate surface area is 120 Å². The summed E-state index contributed by atoms with van der Waals surface area (Å²) in [7, 11) is 0. The van der Waals surface area contributed by atoms with Crippen LogP contribution in [0.15, 0.2) is 36.5 Å². The third-order valence-electron chi connectivity index (χ3n) is 3.09. The zero-order valence-electron chi connectivity index (χ0n) is 12.7. The average molecular weight is 264 g/mol. The summed E-state index contributed by atoms with van der Waals surface area (Å²) in [5.74, 6) is 0. The summed E-state index contributed by atoms with van der Waals surface area (Å²) in [5, 5.41) is 8.59. The number of aliphatic hydroxyl groups excluding tert-OH is 1. The van der Waals surface area contributed by atoms with Crippen molar-refractivity contribution >= 4 is 0 Å². The van der Waals surface area contributed by atoms with Crippen molar-refractivity contribution in [2.45, 2.75) is 71.1 Å². The number of aliphatic hydroxyl groups is 1. The summed E-state index contributed by atoms with van der Waals surface area (Å²) < 4.78 is 0. The topological polar surface area (TPSA) is 20.2 Å². The molecule has 0 bridgehead atoms. The van der Waals surface area contributed by atoms with Gasteiger partial charge < -0.3 is 5.11 Å². The van der Waals surface area contributed by atoms with Gasteiger partial charge in [0, 0.05) is 6.61 Å². The minimum Gasteiger partial charge on any atom is -0.396 e. The maximum Gasteiger partial charge on any atom is 0.0465 e. The molecular formula is C18H32O. The van der Waals surface area contributed by atoms with Crippen LogP contribution in [0.25, 0.3) is 0 Å². The maximum atomic E-state index is 8.59. The highest BCUT2D eigenvalue weighted by Crippen LogP contribution is 2.08. The molecule has 0 aliphatic carbocycles. The molecule has 0 radical (unpaired) electrons. The second kappa shape index (κ2) is 17.2. The lowest BCUT2D eigenvalue weighted by Crippen LogP contribution is -1.78. The molecule has 0 spiro atoms. The molecule has 0 saturated heterocycles. The SMILES string of the molecule is CCCCCCCCC/C=C/C=C\C/C=C\CCO. The predicted molar refractivity (Wildman–Crippen MR) is 86.3 cm³/mol. The molecule has 110 valence electrons. The summed E-state index contributed by atoms with van der Waals surface area (Å²) in [5.41, 5.74) is 0. The number of allylic oxidation sites excluding steroid dienone is 5. The van der Waals surface area contributed by atoms with E-state index in [1.54, 1.807) is 0 Å². The Morgan fingerprint density at radius 1 is 0.684 bits per heavy atom. The summed E-state index contributed by atoms with van der Waals surface area (Å²) in [6.07, 6.45) is 25.4. The van der Waals surface area contributed by atoms with Gasteiger partial charge in [0.1, 0.15) is 0 Å². The van der Waals surface area contributed by atoms with Crippen LogP contribution in [0, 0.1) is 0 Å². The van der Waals surface area contributed by atoms with Crippen molar-refractivity contribution in [3.05, 3.63) is 36.5 Å². The molecular weight excluding hydrogens is 232 g/mol. The van der Waals surface area contributed by atoms with E-state index in [4.69, 9.17) is 5.11 Å². The van der Waals surface area contributed by atoms with Crippen LogP contribution in [0.5, 0.6) is 0 Å². The van der Waals surface area contributed by atoms with E-state index in [-0.39, 0.29) is 6.61 Å². The highest BCUT2D eigenvalue weighted by Gasteiger charge is 1.88. The van der Waals surface area contributed by atoms with Crippen molar-refractivity contribution in [3.8, 4) is 0 Å². The zero-order valence-corrected chi connectivity index (χ0v) is 12.7. The Balaban J connectivity index is 3.22. The lowest BCUT2D eigenvalue weighted by atomic mass is 10.1. The summed E-state index contributed by atoms with van der Waals surface area (Å²) in [6.45, 7) is 2.51. The molecule has 0 aromatic carbocycles. The molecule has 0 aliphatic heterocycles. The van der Waals surface area contributed by atoms with E-state index in [1.807, 2.05) is 6.08 Å². The molecule has 0 aromatic heterocycles. The molecule has 1 N–H and O–H groups in total. The second-order valence-electron chi connectivity index (χ2n) is 4.99. The Morgan fingerprint density at radius 2 is 1.37 bits per heavy atom. The van der Waals surface area contributed by atoms with Gasteiger partial charge in [0.2, 0.25) is 0 Å². The van der Waals surface area contributed by atoms with E-state index in [0.717, 1.165) is 12.8 Å². The average Bonchev–Trinajstić information content (AvgIpc) is 2.43. The van der Waals surface area contributed by atoms with Crippen LogP contribution in [-0.4, -0.2) is 11.7 Å². The number of rotatable bonds is 13. The lowest BCUT2D eigenvalue weighted by Gasteiger charge is -1.98. The lowest BCUT2D eigenvalue weighted by molar-refractivity contribution is 0.302. The van der Waals surface area contributed by atoms with Crippen LogP contribution >= 0.6 is 0 Å². The van der Waals surface area contributed by atoms with E-state index in [0.29, 0.717) is 0 Å². The van der Waals surface area contributed by atoms with E-state index in [1.165, 1.54) is 51.4 Å². The van der Waals surface area contributed by atoms with E-state index in [9.17, 15) is 0 Å². The molecule has 0 rings (SSSR count). The van der Waals surface area contributed by atoms with E-state index >= 15 is 0 Å². The molecule has 1 heteroatoms. The van der Waals surface area contributed by atoms with Gasteiger partial charge in [-0.15, -0.1) is 0 Å². The van der Waals surface area contributed by atoms with Gasteiger partial charge in [-0.3, -0.25) is 0 Å². The second-order valence-corrected chi connectivity index (χ2v) is 4.99. The van der Waals surface area contributed by atoms with E-state index < -0.39 is 0 Å². The monoisotopic (exact) mass is 264 g/mol. The highest BCUT2D eigenvalue weighted by molar-refractivity contribution is 5.04. The molecule has 19 heavy (non-hydrogen) atoms. The van der Waals surface area contributed by atoms with Gasteiger partial charge in [-0.25, -0.2) is 0 Å². The molecule has 0 saturated carbocycles. The standard InChI is InChI=1S/C18H32O/c1-2-3-4-5-6-7-8-9-10-11-12-13-14-15-16-17-18-19/h10-13,15-16,19H,2-9,14,17-18H2,1H3/b11-10+,13-12-,16-15-. The van der Waals surface area contributed by atoms with Crippen LogP contribution in [0.1, 0.15) is 71.1 Å². The molecule has 0 aromatic rings. The Hall–Kier alpha value is -0.820. The Bertz CT molecular complexity index is 238. The van der Waals surface area contributed by atoms with Gasteiger partial charge in [0.25, 0.3) is 0 Å². The van der Waals surface area contributed by atoms with Crippen LogP contribution in [-0.2, 0) is 0 Å². The summed E-state index contributed by atoms with van der Waals surface area (Å²) in [4.78, 5) is 0. The molecule has 1 nitrogen and oxygen atoms in total. The molecule has 0 atom stereocenters. The van der Waals surface area contributed by atoms with Gasteiger partial charge in [0.05, 0.1) is 0 Å². The normalized spacial score (nSPS) is 12.3. The summed E-state index contributed by atoms with van der Waals surface area (Å²) >= 11 is 0. The number of hydrogen-bond acceptors (Lipinski definition) is 1. The van der Waals surface area contributed by atoms with Crippen LogP contribution in [0.2, 0.25) is 0 Å². The quantitative estimate of drug-likeness (QED) is 0.262. The number of hydrogen-bond donors (Lipinski definition) is 1. The summed E-state index contributed by atoms with van der Waals surface area (Å²) in [6, 6.07) is 0. The van der Waals surface area contributed by atoms with Crippen molar-refractivity contribution in [2.24, 2.45) is 0 Å². The fourth-order valence-electron chi connectivity index (χ4n) is 1.92. The fraction of sp³-hybridized carbons (Fsp3) is 0.667. The van der Waals surface area contributed by atoms with Gasteiger partial charge in [0.15, 0.2) is 0 Å². The predicted octanol–water partition coefficient (Wildman–Crippen LogP) is 5.57. The highest BCUT2D eigenvalue weighted by atomic mass is 16.2. The molecule has 0 unspecified atom stereocenters. The van der Waals surface area contributed by atoms with Crippen molar-refractivity contribution in [3.63, 3.8) is 0 Å². The first-order valence-corrected chi connectivity index (χ1v) is 7.99. The third-order valence-corrected chi connectivity index (χ3v) is 3.09. The molecule has 0 aliphatic rings. The van der Waals surface area contributed by atoms with Gasteiger partial charge in [-0.05, 0) is 25.7 Å². The molecule has 0 fully saturated rings. The van der Waals surface area contributed by atoms with Gasteiger partial charge >= 0.3 is 0 Å². The number of unbranched alkanes of at least 4 members (excludes halogenated alkanes) is 7. The third kappa shape index (κ3) is 17.2. The van der Waals surface area contributed by atoms with Crippen LogP contribution < -0.4 is 0 Å². The smallest absolute Gasteiger partial charge is 0.0465 e. The van der Waals surface area contributed by atoms with Gasteiger partial charge in [-0.2, -0.15) is 0 Å². The Morgan fingerprint density at radius 3 is 2.11 bits per heavy atom. The van der Waals surface area contributed by atoms with Gasteiger partial charge in [-0.1, -0.05) is 81.9 Å². The minimum absolute atomic E-state index is 0.249. The minimum atomic E-state index is 0.249. The van der Waals surface area contributed by atoms with Crippen LogP contribution in [0.4, 0.5) is 0 Å². The van der Waals surface area contributed by atoms with E-state index in [2.05, 4.69) is 37.3 Å².